The van der Waals surface area contributed by atoms with Crippen LogP contribution in [0.4, 0.5) is 11.6 Å². The molecule has 0 radical (unpaired) electrons. The van der Waals surface area contributed by atoms with Crippen molar-refractivity contribution in [1.29, 1.82) is 5.26 Å². The Morgan fingerprint density at radius 1 is 1.00 bits per heavy atom. The number of methoxy groups -OCH3 is 2. The van der Waals surface area contributed by atoms with E-state index in [1.54, 1.807) is 36.4 Å². The molecule has 0 aliphatic carbocycles. The molecule has 0 saturated carbocycles. The minimum atomic E-state index is -0.0498. The lowest BCUT2D eigenvalue weighted by atomic mass is 10.2. The number of hydrogen-bond donors (Lipinski definition) is 1. The first-order valence-corrected chi connectivity index (χ1v) is 8.49. The summed E-state index contributed by atoms with van der Waals surface area (Å²) in [5.74, 6) is 1.44. The first-order chi connectivity index (χ1) is 13.5. The lowest BCUT2D eigenvalue weighted by Gasteiger charge is -2.14. The SMILES string of the molecule is COc1cc(C)cc(OC)c1Oc1nc(Cl)nc(Nc2ccc(C#N)cc2)n1. The number of nitrogens with one attached hydrogen (secondary N) is 1. The van der Waals surface area contributed by atoms with Crippen LogP contribution in [0, 0.1) is 18.3 Å². The number of halogens is 1. The van der Waals surface area contributed by atoms with Gasteiger partial charge < -0.3 is 19.5 Å². The molecule has 0 fully saturated rings. The molecule has 8 nitrogen and oxygen atoms in total. The Labute approximate surface area is 166 Å². The third-order valence-corrected chi connectivity index (χ3v) is 3.83. The maximum atomic E-state index is 8.88. The number of ether oxygens (including phenoxy) is 3. The highest BCUT2D eigenvalue weighted by atomic mass is 35.5. The Morgan fingerprint density at radius 2 is 1.64 bits per heavy atom. The zero-order valence-corrected chi connectivity index (χ0v) is 16.1. The topological polar surface area (TPSA) is 102 Å². The van der Waals surface area contributed by atoms with Crippen molar-refractivity contribution in [2.75, 3.05) is 19.5 Å². The molecule has 0 bridgehead atoms. The maximum Gasteiger partial charge on any atom is 0.328 e. The molecule has 142 valence electrons. The van der Waals surface area contributed by atoms with E-state index in [4.69, 9.17) is 31.1 Å². The third-order valence-electron chi connectivity index (χ3n) is 3.66. The molecule has 1 aromatic heterocycles. The summed E-state index contributed by atoms with van der Waals surface area (Å²) >= 11 is 6.01. The average molecular weight is 398 g/mol. The minimum absolute atomic E-state index is 0.0309. The van der Waals surface area contributed by atoms with Crippen LogP contribution in [0.5, 0.6) is 23.3 Å². The van der Waals surface area contributed by atoms with Gasteiger partial charge in [-0.25, -0.2) is 0 Å². The van der Waals surface area contributed by atoms with Gasteiger partial charge in [-0.05, 0) is 60.5 Å². The molecule has 2 aromatic carbocycles. The summed E-state index contributed by atoms with van der Waals surface area (Å²) in [7, 11) is 3.05. The van der Waals surface area contributed by atoms with E-state index in [-0.39, 0.29) is 17.2 Å². The molecule has 0 amide bonds. The second kappa shape index (κ2) is 8.41. The van der Waals surface area contributed by atoms with Gasteiger partial charge in [0, 0.05) is 5.69 Å². The van der Waals surface area contributed by atoms with Gasteiger partial charge in [0.1, 0.15) is 0 Å². The molecule has 1 N–H and O–H groups in total. The standard InChI is InChI=1S/C19H16ClN5O3/c1-11-8-14(26-2)16(15(9-11)27-3)28-19-24-17(20)23-18(25-19)22-13-6-4-12(10-21)5-7-13/h4-9H,1-3H3,(H,22,23,24,25). The van der Waals surface area contributed by atoms with Crippen LogP contribution in [-0.4, -0.2) is 29.2 Å². The Hall–Kier alpha value is -3.57. The molecule has 0 spiro atoms. The van der Waals surface area contributed by atoms with Gasteiger partial charge in [0.25, 0.3) is 0 Å². The van der Waals surface area contributed by atoms with Crippen LogP contribution in [-0.2, 0) is 0 Å². The predicted molar refractivity (Wildman–Crippen MR) is 104 cm³/mol. The summed E-state index contributed by atoms with van der Waals surface area (Å²) in [6, 6.07) is 12.4. The molecule has 1 heterocycles. The van der Waals surface area contributed by atoms with Gasteiger partial charge in [0.05, 0.1) is 25.9 Å². The summed E-state index contributed by atoms with van der Waals surface area (Å²) in [5.41, 5.74) is 2.16. The molecule has 0 atom stereocenters. The van der Waals surface area contributed by atoms with Crippen LogP contribution in [0.2, 0.25) is 5.28 Å². The van der Waals surface area contributed by atoms with Crippen LogP contribution < -0.4 is 19.5 Å². The number of nitrogens with zero attached hydrogens (tertiary/aromatic N) is 4. The number of aromatic nitrogens is 3. The molecule has 3 rings (SSSR count). The summed E-state index contributed by atoms with van der Waals surface area (Å²) in [6.45, 7) is 1.91. The van der Waals surface area contributed by atoms with Crippen molar-refractivity contribution in [3.63, 3.8) is 0 Å². The average Bonchev–Trinajstić information content (AvgIpc) is 2.69. The van der Waals surface area contributed by atoms with E-state index in [9.17, 15) is 0 Å². The van der Waals surface area contributed by atoms with E-state index in [0.717, 1.165) is 5.56 Å². The van der Waals surface area contributed by atoms with E-state index >= 15 is 0 Å². The zero-order valence-electron chi connectivity index (χ0n) is 15.4. The highest BCUT2D eigenvalue weighted by Crippen LogP contribution is 2.40. The lowest BCUT2D eigenvalue weighted by Crippen LogP contribution is -2.03. The Kier molecular flexibility index (Phi) is 5.77. The summed E-state index contributed by atoms with van der Waals surface area (Å²) in [6.07, 6.45) is 0. The zero-order chi connectivity index (χ0) is 20.1. The molecule has 28 heavy (non-hydrogen) atoms. The monoisotopic (exact) mass is 397 g/mol. The molecule has 3 aromatic rings. The molecule has 9 heteroatoms. The van der Waals surface area contributed by atoms with Crippen molar-refractivity contribution >= 4 is 23.2 Å². The highest BCUT2D eigenvalue weighted by molar-refractivity contribution is 6.28. The summed E-state index contributed by atoms with van der Waals surface area (Å²) < 4.78 is 16.5. The summed E-state index contributed by atoms with van der Waals surface area (Å²) in [5, 5.41) is 11.8. The number of aryl methyl sites for hydroxylation is 1. The minimum Gasteiger partial charge on any atom is -0.493 e. The Morgan fingerprint density at radius 3 is 2.21 bits per heavy atom. The van der Waals surface area contributed by atoms with E-state index in [1.807, 2.05) is 6.92 Å². The van der Waals surface area contributed by atoms with E-state index in [1.165, 1.54) is 14.2 Å². The Balaban J connectivity index is 1.91. The molecular weight excluding hydrogens is 382 g/mol. The number of benzene rings is 2. The predicted octanol–water partition coefficient (Wildman–Crippen LogP) is 4.26. The van der Waals surface area contributed by atoms with Crippen molar-refractivity contribution in [1.82, 2.24) is 15.0 Å². The first kappa shape index (κ1) is 19.2. The number of rotatable bonds is 6. The molecule has 0 saturated heterocycles. The van der Waals surface area contributed by atoms with Gasteiger partial charge in [0.15, 0.2) is 11.5 Å². The van der Waals surface area contributed by atoms with Gasteiger partial charge in [-0.3, -0.25) is 0 Å². The van der Waals surface area contributed by atoms with E-state index in [2.05, 4.69) is 26.3 Å². The number of anilines is 2. The Bertz CT molecular complexity index is 1010. The summed E-state index contributed by atoms with van der Waals surface area (Å²) in [4.78, 5) is 12.3. The molecular formula is C19H16ClN5O3. The quantitative estimate of drug-likeness (QED) is 0.658. The second-order valence-corrected chi connectivity index (χ2v) is 5.96. The van der Waals surface area contributed by atoms with Gasteiger partial charge in [0.2, 0.25) is 17.0 Å². The second-order valence-electron chi connectivity index (χ2n) is 5.63. The number of nitriles is 1. The van der Waals surface area contributed by atoms with Crippen molar-refractivity contribution in [2.24, 2.45) is 0 Å². The van der Waals surface area contributed by atoms with Crippen LogP contribution in [0.1, 0.15) is 11.1 Å². The number of hydrogen-bond acceptors (Lipinski definition) is 8. The fourth-order valence-corrected chi connectivity index (χ4v) is 2.55. The molecule has 0 aliphatic rings. The smallest absolute Gasteiger partial charge is 0.328 e. The molecule has 0 unspecified atom stereocenters. The van der Waals surface area contributed by atoms with Crippen LogP contribution in [0.3, 0.4) is 0 Å². The van der Waals surface area contributed by atoms with Gasteiger partial charge in [-0.15, -0.1) is 0 Å². The normalized spacial score (nSPS) is 10.1. The molecule has 0 aliphatic heterocycles. The van der Waals surface area contributed by atoms with E-state index in [0.29, 0.717) is 28.5 Å². The van der Waals surface area contributed by atoms with E-state index < -0.39 is 0 Å². The first-order valence-electron chi connectivity index (χ1n) is 8.11. The van der Waals surface area contributed by atoms with Gasteiger partial charge in [-0.1, -0.05) is 0 Å². The fraction of sp³-hybridized carbons (Fsp3) is 0.158. The maximum absolute atomic E-state index is 8.88. The van der Waals surface area contributed by atoms with Crippen molar-refractivity contribution in [3.8, 4) is 29.3 Å². The van der Waals surface area contributed by atoms with Crippen molar-refractivity contribution < 1.29 is 14.2 Å². The highest BCUT2D eigenvalue weighted by Gasteiger charge is 2.17. The van der Waals surface area contributed by atoms with Crippen molar-refractivity contribution in [3.05, 3.63) is 52.8 Å². The largest absolute Gasteiger partial charge is 0.493 e. The van der Waals surface area contributed by atoms with Crippen LogP contribution in [0.15, 0.2) is 36.4 Å². The fourth-order valence-electron chi connectivity index (χ4n) is 2.39. The van der Waals surface area contributed by atoms with Gasteiger partial charge in [-0.2, -0.15) is 20.2 Å². The van der Waals surface area contributed by atoms with Crippen molar-refractivity contribution in [2.45, 2.75) is 6.92 Å². The third kappa shape index (κ3) is 4.39. The van der Waals surface area contributed by atoms with Gasteiger partial charge >= 0.3 is 6.01 Å². The van der Waals surface area contributed by atoms with Crippen LogP contribution in [0.25, 0.3) is 0 Å². The lowest BCUT2D eigenvalue weighted by molar-refractivity contribution is 0.336. The van der Waals surface area contributed by atoms with Crippen LogP contribution >= 0.6 is 11.6 Å².